The average Bonchev–Trinajstić information content (AvgIpc) is 3.20. The fraction of sp³-hybridized carbons (Fsp3) is 0.429. The van der Waals surface area contributed by atoms with E-state index in [-0.39, 0.29) is 24.9 Å². The fourth-order valence-corrected chi connectivity index (χ4v) is 4.48. The largest absolute Gasteiger partial charge is 0.494 e. The Labute approximate surface area is 217 Å². The molecule has 3 aromatic rings. The highest BCUT2D eigenvalue weighted by molar-refractivity contribution is 5.73. The Bertz CT molecular complexity index is 1170. The summed E-state index contributed by atoms with van der Waals surface area (Å²) >= 11 is 0. The summed E-state index contributed by atoms with van der Waals surface area (Å²) in [6.07, 6.45) is 4.71. The minimum Gasteiger partial charge on any atom is -0.494 e. The van der Waals surface area contributed by atoms with Crippen molar-refractivity contribution in [2.75, 3.05) is 39.4 Å². The van der Waals surface area contributed by atoms with E-state index in [9.17, 15) is 14.3 Å². The number of aromatic nitrogens is 2. The zero-order chi connectivity index (χ0) is 26.3. The number of β-amino-alcohol motifs (C(OH)–C–C–N with tert-alkyl or cyclic N) is 1. The van der Waals surface area contributed by atoms with E-state index in [1.54, 1.807) is 4.90 Å². The van der Waals surface area contributed by atoms with Crippen molar-refractivity contribution < 1.29 is 23.8 Å². The van der Waals surface area contributed by atoms with Crippen LogP contribution in [-0.4, -0.2) is 75.6 Å². The number of amides is 1. The molecule has 198 valence electrons. The minimum atomic E-state index is -1.28. The van der Waals surface area contributed by atoms with Gasteiger partial charge in [-0.3, -0.25) is 14.4 Å². The molecular weight excluding hydrogens is 475 g/mol. The van der Waals surface area contributed by atoms with E-state index >= 15 is 0 Å². The maximum Gasteiger partial charge on any atom is 0.219 e. The van der Waals surface area contributed by atoms with Gasteiger partial charge in [-0.05, 0) is 54.4 Å². The Morgan fingerprint density at radius 1 is 1.11 bits per heavy atom. The number of ether oxygens (including phenoxy) is 2. The monoisotopic (exact) mass is 510 g/mol. The van der Waals surface area contributed by atoms with Crippen LogP contribution in [0.25, 0.3) is 0 Å². The number of benzene rings is 2. The van der Waals surface area contributed by atoms with Crippen LogP contribution in [0.1, 0.15) is 24.5 Å². The van der Waals surface area contributed by atoms with Gasteiger partial charge in [0, 0.05) is 52.3 Å². The van der Waals surface area contributed by atoms with Crippen LogP contribution >= 0.6 is 0 Å². The number of aryl methyl sites for hydroxylation is 2. The van der Waals surface area contributed by atoms with Crippen molar-refractivity contribution >= 4 is 5.91 Å². The van der Waals surface area contributed by atoms with Crippen LogP contribution in [0, 0.1) is 12.7 Å². The summed E-state index contributed by atoms with van der Waals surface area (Å²) in [4.78, 5) is 15.9. The second-order valence-electron chi connectivity index (χ2n) is 9.75. The van der Waals surface area contributed by atoms with Crippen molar-refractivity contribution in [2.45, 2.75) is 39.0 Å². The zero-order valence-electron chi connectivity index (χ0n) is 21.5. The Balaban J connectivity index is 1.35. The van der Waals surface area contributed by atoms with E-state index in [1.165, 1.54) is 31.2 Å². The molecule has 8 nitrogen and oxygen atoms in total. The third kappa shape index (κ3) is 8.03. The lowest BCUT2D eigenvalue weighted by Crippen LogP contribution is -2.51. The van der Waals surface area contributed by atoms with Crippen molar-refractivity contribution in [3.05, 3.63) is 77.9 Å². The van der Waals surface area contributed by atoms with Gasteiger partial charge in [0.15, 0.2) is 0 Å². The van der Waals surface area contributed by atoms with Gasteiger partial charge in [-0.2, -0.15) is 5.10 Å². The molecule has 0 bridgehead atoms. The first kappa shape index (κ1) is 26.6. The average molecular weight is 511 g/mol. The van der Waals surface area contributed by atoms with Gasteiger partial charge in [0.05, 0.1) is 19.3 Å². The first-order chi connectivity index (χ1) is 17.8. The predicted octanol–water partition coefficient (Wildman–Crippen LogP) is 3.27. The highest BCUT2D eigenvalue weighted by Crippen LogP contribution is 2.21. The molecule has 1 aliphatic heterocycles. The summed E-state index contributed by atoms with van der Waals surface area (Å²) in [5.41, 5.74) is 0.913. The van der Waals surface area contributed by atoms with Gasteiger partial charge in [0.1, 0.15) is 29.5 Å². The highest BCUT2D eigenvalue weighted by Gasteiger charge is 2.37. The minimum absolute atomic E-state index is 0.0160. The van der Waals surface area contributed by atoms with Crippen LogP contribution in [0.2, 0.25) is 0 Å². The van der Waals surface area contributed by atoms with E-state index in [0.29, 0.717) is 38.5 Å². The van der Waals surface area contributed by atoms with Gasteiger partial charge in [-0.15, -0.1) is 0 Å². The van der Waals surface area contributed by atoms with Crippen molar-refractivity contribution in [3.63, 3.8) is 0 Å². The SMILES string of the molecule is CC(=O)N1CCN(Cc2cccc(OCCCn3cc(C)cn3)c2)C[C@](O)(COc2ccc(F)cc2)C1. The predicted molar refractivity (Wildman–Crippen MR) is 138 cm³/mol. The lowest BCUT2D eigenvalue weighted by Gasteiger charge is -2.32. The van der Waals surface area contributed by atoms with E-state index in [1.807, 2.05) is 48.3 Å². The molecule has 1 saturated heterocycles. The zero-order valence-corrected chi connectivity index (χ0v) is 21.5. The summed E-state index contributed by atoms with van der Waals surface area (Å²) < 4.78 is 26.9. The van der Waals surface area contributed by atoms with Gasteiger partial charge in [-0.25, -0.2) is 4.39 Å². The van der Waals surface area contributed by atoms with Gasteiger partial charge in [0.25, 0.3) is 0 Å². The first-order valence-electron chi connectivity index (χ1n) is 12.6. The van der Waals surface area contributed by atoms with Crippen LogP contribution in [-0.2, 0) is 17.9 Å². The molecule has 1 aliphatic rings. The molecule has 0 saturated carbocycles. The third-order valence-corrected chi connectivity index (χ3v) is 6.32. The number of halogens is 1. The van der Waals surface area contributed by atoms with E-state index in [2.05, 4.69) is 10.00 Å². The van der Waals surface area contributed by atoms with Crippen molar-refractivity contribution in [2.24, 2.45) is 0 Å². The molecule has 0 radical (unpaired) electrons. The molecule has 2 heterocycles. The summed E-state index contributed by atoms with van der Waals surface area (Å²) in [5, 5.41) is 15.8. The van der Waals surface area contributed by atoms with Crippen LogP contribution in [0.3, 0.4) is 0 Å². The maximum absolute atomic E-state index is 13.2. The summed E-state index contributed by atoms with van der Waals surface area (Å²) in [6.45, 7) is 7.10. The second kappa shape index (κ2) is 12.2. The molecule has 4 rings (SSSR count). The molecule has 0 aliphatic carbocycles. The van der Waals surface area contributed by atoms with Gasteiger partial charge in [-0.1, -0.05) is 12.1 Å². The molecule has 37 heavy (non-hydrogen) atoms. The molecule has 0 unspecified atom stereocenters. The lowest BCUT2D eigenvalue weighted by molar-refractivity contribution is -0.132. The Morgan fingerprint density at radius 3 is 2.65 bits per heavy atom. The van der Waals surface area contributed by atoms with Gasteiger partial charge in [0.2, 0.25) is 5.91 Å². The normalized spacial score (nSPS) is 18.4. The smallest absolute Gasteiger partial charge is 0.219 e. The van der Waals surface area contributed by atoms with Gasteiger partial charge >= 0.3 is 0 Å². The number of carbonyl (C=O) groups excluding carboxylic acids is 1. The summed E-state index contributed by atoms with van der Waals surface area (Å²) in [5.74, 6) is 0.813. The molecule has 1 aromatic heterocycles. The lowest BCUT2D eigenvalue weighted by atomic mass is 10.0. The number of rotatable bonds is 10. The van der Waals surface area contributed by atoms with E-state index in [4.69, 9.17) is 9.47 Å². The van der Waals surface area contributed by atoms with Crippen molar-refractivity contribution in [1.82, 2.24) is 19.6 Å². The number of carbonyl (C=O) groups is 1. The first-order valence-corrected chi connectivity index (χ1v) is 12.6. The quantitative estimate of drug-likeness (QED) is 0.422. The topological polar surface area (TPSA) is 80.1 Å². The third-order valence-electron chi connectivity index (χ3n) is 6.32. The second-order valence-corrected chi connectivity index (χ2v) is 9.75. The Hall–Kier alpha value is -3.43. The maximum atomic E-state index is 13.2. The molecule has 0 spiro atoms. The molecule has 1 atom stereocenters. The molecule has 2 aromatic carbocycles. The Kier molecular flexibility index (Phi) is 8.78. The molecule has 1 N–H and O–H groups in total. The number of nitrogens with zero attached hydrogens (tertiary/aromatic N) is 4. The van der Waals surface area contributed by atoms with Crippen LogP contribution in [0.5, 0.6) is 11.5 Å². The molecule has 1 fully saturated rings. The number of aliphatic hydroxyl groups is 1. The molecular formula is C28H35FN4O4. The van der Waals surface area contributed by atoms with Crippen LogP contribution in [0.4, 0.5) is 4.39 Å². The van der Waals surface area contributed by atoms with E-state index < -0.39 is 5.60 Å². The van der Waals surface area contributed by atoms with Crippen molar-refractivity contribution in [3.8, 4) is 11.5 Å². The number of hydrogen-bond donors (Lipinski definition) is 1. The summed E-state index contributed by atoms with van der Waals surface area (Å²) in [7, 11) is 0. The number of hydrogen-bond acceptors (Lipinski definition) is 6. The van der Waals surface area contributed by atoms with Crippen molar-refractivity contribution in [1.29, 1.82) is 0 Å². The Morgan fingerprint density at radius 2 is 1.92 bits per heavy atom. The van der Waals surface area contributed by atoms with Crippen LogP contribution in [0.15, 0.2) is 60.9 Å². The van der Waals surface area contributed by atoms with Gasteiger partial charge < -0.3 is 19.5 Å². The standard InChI is InChI=1S/C28H35FN4O4/c1-22-16-30-33(17-22)11-4-14-36-27-6-3-5-24(15-27)18-31-12-13-32(23(2)34)20-28(35,19-31)21-37-26-9-7-25(29)8-10-26/h3,5-10,15-17,35H,4,11-14,18-21H2,1-2H3/t28-/m1/s1. The highest BCUT2D eigenvalue weighted by atomic mass is 19.1. The summed E-state index contributed by atoms with van der Waals surface area (Å²) in [6, 6.07) is 13.6. The molecule has 1 amide bonds. The molecule has 9 heteroatoms. The fourth-order valence-electron chi connectivity index (χ4n) is 4.48. The van der Waals surface area contributed by atoms with E-state index in [0.717, 1.165) is 29.8 Å². The van der Waals surface area contributed by atoms with Crippen LogP contribution < -0.4 is 9.47 Å².